The minimum absolute atomic E-state index is 0.481. The first kappa shape index (κ1) is 26.5. The third-order valence-corrected chi connectivity index (χ3v) is 7.07. The van der Waals surface area contributed by atoms with E-state index in [1.165, 1.54) is 6.42 Å². The molecule has 6 nitrogen and oxygen atoms in total. The lowest BCUT2D eigenvalue weighted by molar-refractivity contribution is 0.298. The molecule has 2 aromatic rings. The summed E-state index contributed by atoms with van der Waals surface area (Å²) in [4.78, 5) is 9.42. The van der Waals surface area contributed by atoms with E-state index in [1.54, 1.807) is 20.3 Å². The molecule has 0 atom stereocenters. The molecule has 8 heteroatoms. The van der Waals surface area contributed by atoms with Crippen molar-refractivity contribution in [1.82, 2.24) is 9.88 Å². The second-order valence-electron chi connectivity index (χ2n) is 8.26. The van der Waals surface area contributed by atoms with Crippen LogP contribution in [0.5, 0.6) is 11.5 Å². The Morgan fingerprint density at radius 2 is 1.71 bits per heavy atom. The predicted octanol–water partition coefficient (Wildman–Crippen LogP) is 6.32. The number of unbranched alkanes of at least 4 members (excludes halogenated alkanes) is 1. The van der Waals surface area contributed by atoms with E-state index in [9.17, 15) is 0 Å². The molecule has 0 saturated carbocycles. The van der Waals surface area contributed by atoms with Crippen LogP contribution in [0.1, 0.15) is 44.7 Å². The lowest BCUT2D eigenvalue weighted by Gasteiger charge is -2.31. The zero-order valence-corrected chi connectivity index (χ0v) is 22.4. The molecule has 0 bridgehead atoms. The van der Waals surface area contributed by atoms with Crippen molar-refractivity contribution in [2.24, 2.45) is 0 Å². The zero-order chi connectivity index (χ0) is 24.7. The maximum Gasteiger partial charge on any atom is 0.141 e. The molecule has 0 amide bonds. The Labute approximate surface area is 213 Å². The first-order chi connectivity index (χ1) is 16.5. The van der Waals surface area contributed by atoms with E-state index < -0.39 is 0 Å². The molecule has 1 aliphatic heterocycles. The van der Waals surface area contributed by atoms with Gasteiger partial charge in [0.1, 0.15) is 17.3 Å². The fourth-order valence-electron chi connectivity index (χ4n) is 4.28. The smallest absolute Gasteiger partial charge is 0.141 e. The van der Waals surface area contributed by atoms with Gasteiger partial charge in [-0.05, 0) is 51.0 Å². The Morgan fingerprint density at radius 1 is 1.03 bits per heavy atom. The number of aromatic nitrogens is 1. The number of fused-ring (bicyclic) bond motifs is 1. The SMILES string of the molecule is CCN(CC)CCCCNc1cc2c(cn1)C=C(c1c(Cl)c(OC)cc(OC)c1Cl)CN2CC. The van der Waals surface area contributed by atoms with Crippen molar-refractivity contribution in [3.05, 3.63) is 39.5 Å². The molecule has 0 fully saturated rings. The summed E-state index contributed by atoms with van der Waals surface area (Å²) in [5.41, 5.74) is 3.91. The topological polar surface area (TPSA) is 49.9 Å². The molecule has 34 heavy (non-hydrogen) atoms. The van der Waals surface area contributed by atoms with Crippen molar-refractivity contribution in [1.29, 1.82) is 0 Å². The molecule has 0 spiro atoms. The molecule has 3 rings (SSSR count). The summed E-state index contributed by atoms with van der Waals surface area (Å²) in [6, 6.07) is 3.84. The molecule has 1 aromatic carbocycles. The monoisotopic (exact) mass is 506 g/mol. The van der Waals surface area contributed by atoms with Gasteiger partial charge in [0, 0.05) is 54.8 Å². The fourth-order valence-corrected chi connectivity index (χ4v) is 5.02. The summed E-state index contributed by atoms with van der Waals surface area (Å²) in [5, 5.41) is 4.45. The highest BCUT2D eigenvalue weighted by Gasteiger charge is 2.25. The Bertz CT molecular complexity index is 981. The van der Waals surface area contributed by atoms with Gasteiger partial charge < -0.3 is 24.6 Å². The van der Waals surface area contributed by atoms with Gasteiger partial charge in [0.05, 0.1) is 24.3 Å². The number of hydrogen-bond donors (Lipinski definition) is 1. The average Bonchev–Trinajstić information content (AvgIpc) is 2.86. The van der Waals surface area contributed by atoms with Crippen LogP contribution >= 0.6 is 23.2 Å². The molecule has 1 N–H and O–H groups in total. The van der Waals surface area contributed by atoms with Crippen LogP contribution in [0.2, 0.25) is 10.0 Å². The van der Waals surface area contributed by atoms with Crippen LogP contribution in [0.3, 0.4) is 0 Å². The lowest BCUT2D eigenvalue weighted by atomic mass is 9.97. The molecular formula is C26H36Cl2N4O2. The van der Waals surface area contributed by atoms with Gasteiger partial charge in [-0.15, -0.1) is 0 Å². The van der Waals surface area contributed by atoms with Crippen LogP contribution in [0.15, 0.2) is 18.3 Å². The number of likely N-dealkylation sites (N-methyl/N-ethyl adjacent to an activating group) is 1. The largest absolute Gasteiger partial charge is 0.495 e. The number of nitrogens with one attached hydrogen (secondary N) is 1. The molecule has 2 heterocycles. The summed E-state index contributed by atoms with van der Waals surface area (Å²) in [7, 11) is 3.17. The summed E-state index contributed by atoms with van der Waals surface area (Å²) < 4.78 is 10.9. The van der Waals surface area contributed by atoms with Crippen molar-refractivity contribution >= 4 is 46.4 Å². The number of methoxy groups -OCH3 is 2. The van der Waals surface area contributed by atoms with E-state index >= 15 is 0 Å². The second kappa shape index (κ2) is 12.5. The van der Waals surface area contributed by atoms with Crippen LogP contribution in [0.4, 0.5) is 11.5 Å². The van der Waals surface area contributed by atoms with Gasteiger partial charge in [-0.2, -0.15) is 0 Å². The summed E-state index contributed by atoms with van der Waals surface area (Å²) in [6.45, 7) is 12.4. The van der Waals surface area contributed by atoms with Gasteiger partial charge in [-0.3, -0.25) is 0 Å². The standard InChI is InChI=1S/C26H36Cl2N4O2/c1-6-31(7-2)12-10-9-11-29-23-14-20-18(16-30-23)13-19(17-32(20)8-3)24-25(27)21(33-4)15-22(34-5)26(24)28/h13-16H,6-12,17H2,1-5H3,(H,29,30). The number of halogens is 2. The quantitative estimate of drug-likeness (QED) is 0.340. The minimum atomic E-state index is 0.481. The maximum absolute atomic E-state index is 6.69. The van der Waals surface area contributed by atoms with Crippen molar-refractivity contribution in [3.63, 3.8) is 0 Å². The van der Waals surface area contributed by atoms with Crippen LogP contribution in [0.25, 0.3) is 11.6 Å². The van der Waals surface area contributed by atoms with Crippen LogP contribution in [-0.2, 0) is 0 Å². The molecule has 0 aliphatic carbocycles. The molecule has 1 aliphatic rings. The Balaban J connectivity index is 1.81. The summed E-state index contributed by atoms with van der Waals surface area (Å²) in [5.74, 6) is 1.97. The van der Waals surface area contributed by atoms with E-state index in [0.717, 1.165) is 67.3 Å². The van der Waals surface area contributed by atoms with Crippen LogP contribution in [0, 0.1) is 0 Å². The molecule has 0 unspecified atom stereocenters. The normalized spacial score (nSPS) is 13.1. The Hall–Kier alpha value is -2.15. The van der Waals surface area contributed by atoms with Gasteiger partial charge in [-0.25, -0.2) is 4.98 Å². The van der Waals surface area contributed by atoms with Gasteiger partial charge in [-0.1, -0.05) is 37.0 Å². The van der Waals surface area contributed by atoms with E-state index in [-0.39, 0.29) is 0 Å². The molecule has 1 aromatic heterocycles. The second-order valence-corrected chi connectivity index (χ2v) is 9.01. The fraction of sp³-hybridized carbons (Fsp3) is 0.500. The van der Waals surface area contributed by atoms with Crippen LogP contribution < -0.4 is 19.7 Å². The molecular weight excluding hydrogens is 471 g/mol. The van der Waals surface area contributed by atoms with E-state index in [2.05, 4.69) is 53.0 Å². The highest BCUT2D eigenvalue weighted by molar-refractivity contribution is 6.39. The number of hydrogen-bond acceptors (Lipinski definition) is 6. The predicted molar refractivity (Wildman–Crippen MR) is 145 cm³/mol. The maximum atomic E-state index is 6.69. The Kier molecular flexibility index (Phi) is 9.74. The third kappa shape index (κ3) is 5.91. The first-order valence-electron chi connectivity index (χ1n) is 12.0. The summed E-state index contributed by atoms with van der Waals surface area (Å²) in [6.07, 6.45) is 6.31. The van der Waals surface area contributed by atoms with Gasteiger partial charge in [0.2, 0.25) is 0 Å². The van der Waals surface area contributed by atoms with Crippen molar-refractivity contribution in [3.8, 4) is 11.5 Å². The summed E-state index contributed by atoms with van der Waals surface area (Å²) >= 11 is 13.4. The van der Waals surface area contributed by atoms with Gasteiger partial charge >= 0.3 is 0 Å². The highest BCUT2D eigenvalue weighted by Crippen LogP contribution is 2.46. The number of rotatable bonds is 12. The number of nitrogens with zero attached hydrogens (tertiary/aromatic N) is 3. The van der Waals surface area contributed by atoms with Crippen molar-refractivity contribution in [2.45, 2.75) is 33.6 Å². The number of pyridine rings is 1. The Morgan fingerprint density at radius 3 is 2.29 bits per heavy atom. The highest BCUT2D eigenvalue weighted by atomic mass is 35.5. The van der Waals surface area contributed by atoms with E-state index in [1.807, 2.05) is 6.20 Å². The van der Waals surface area contributed by atoms with Crippen LogP contribution in [-0.4, -0.2) is 63.4 Å². The zero-order valence-electron chi connectivity index (χ0n) is 20.9. The molecule has 0 radical (unpaired) electrons. The number of ether oxygens (including phenoxy) is 2. The first-order valence-corrected chi connectivity index (χ1v) is 12.7. The average molecular weight is 508 g/mol. The number of benzene rings is 1. The van der Waals surface area contributed by atoms with Gasteiger partial charge in [0.15, 0.2) is 0 Å². The lowest BCUT2D eigenvalue weighted by Crippen LogP contribution is -2.28. The van der Waals surface area contributed by atoms with Crippen molar-refractivity contribution < 1.29 is 9.47 Å². The number of anilines is 2. The third-order valence-electron chi connectivity index (χ3n) is 6.32. The molecule has 186 valence electrons. The van der Waals surface area contributed by atoms with E-state index in [4.69, 9.17) is 32.7 Å². The minimum Gasteiger partial charge on any atom is -0.495 e. The molecule has 0 saturated heterocycles. The van der Waals surface area contributed by atoms with Crippen molar-refractivity contribution in [2.75, 3.05) is 63.7 Å². The van der Waals surface area contributed by atoms with Gasteiger partial charge in [0.25, 0.3) is 0 Å². The van der Waals surface area contributed by atoms with E-state index in [0.29, 0.717) is 28.1 Å².